The summed E-state index contributed by atoms with van der Waals surface area (Å²) in [5, 5.41) is 0. The van der Waals surface area contributed by atoms with E-state index in [1.807, 2.05) is 19.0 Å². The van der Waals surface area contributed by atoms with Crippen molar-refractivity contribution in [1.29, 1.82) is 0 Å². The van der Waals surface area contributed by atoms with Gasteiger partial charge in [-0.15, -0.1) is 0 Å². The minimum atomic E-state index is 0.520. The molecule has 4 heteroatoms. The Morgan fingerprint density at radius 3 is 2.56 bits per heavy atom. The third kappa shape index (κ3) is 1.45. The molecule has 0 aliphatic heterocycles. The normalized spacial score (nSPS) is 9.67. The van der Waals surface area contributed by atoms with Crippen molar-refractivity contribution in [3.8, 4) is 0 Å². The molecule has 0 saturated carbocycles. The van der Waals surface area contributed by atoms with Gasteiger partial charge >= 0.3 is 0 Å². The number of rotatable bonds is 1. The zero-order valence-electron chi connectivity index (χ0n) is 5.26. The summed E-state index contributed by atoms with van der Waals surface area (Å²) < 4.78 is 4.89. The molecule has 0 aromatic carbocycles. The minimum absolute atomic E-state index is 0.520. The third-order valence-corrected chi connectivity index (χ3v) is 1.29. The van der Waals surface area contributed by atoms with Crippen LogP contribution in [0.1, 0.15) is 0 Å². The zero-order valence-corrected chi connectivity index (χ0v) is 6.84. The Morgan fingerprint density at radius 2 is 2.33 bits per heavy atom. The van der Waals surface area contributed by atoms with Crippen molar-refractivity contribution < 1.29 is 4.42 Å². The summed E-state index contributed by atoms with van der Waals surface area (Å²) in [7, 11) is 3.81. The van der Waals surface area contributed by atoms with E-state index in [-0.39, 0.29) is 0 Å². The number of oxazole rings is 1. The van der Waals surface area contributed by atoms with Crippen LogP contribution >= 0.6 is 15.9 Å². The van der Waals surface area contributed by atoms with Gasteiger partial charge < -0.3 is 9.32 Å². The zero-order chi connectivity index (χ0) is 6.85. The molecule has 0 bridgehead atoms. The topological polar surface area (TPSA) is 29.3 Å². The maximum atomic E-state index is 4.89. The van der Waals surface area contributed by atoms with Gasteiger partial charge in [-0.25, -0.2) is 0 Å². The maximum absolute atomic E-state index is 4.89. The van der Waals surface area contributed by atoms with E-state index in [0.717, 1.165) is 5.82 Å². The highest BCUT2D eigenvalue weighted by Gasteiger charge is 1.99. The molecule has 0 radical (unpaired) electrons. The van der Waals surface area contributed by atoms with Crippen LogP contribution in [0.4, 0.5) is 5.82 Å². The highest BCUT2D eigenvalue weighted by atomic mass is 79.9. The second-order valence-electron chi connectivity index (χ2n) is 1.85. The highest BCUT2D eigenvalue weighted by Crippen LogP contribution is 2.14. The molecule has 1 rings (SSSR count). The maximum Gasteiger partial charge on any atom is 0.265 e. The largest absolute Gasteiger partial charge is 0.437 e. The van der Waals surface area contributed by atoms with Crippen LogP contribution in [0.5, 0.6) is 0 Å². The Morgan fingerprint density at radius 1 is 1.67 bits per heavy atom. The SMILES string of the molecule is CN(C)c1coc(Br)n1. The van der Waals surface area contributed by atoms with E-state index in [0.29, 0.717) is 4.80 Å². The molecule has 0 aliphatic rings. The molecule has 0 aliphatic carbocycles. The van der Waals surface area contributed by atoms with Crippen molar-refractivity contribution in [1.82, 2.24) is 4.98 Å². The first kappa shape index (κ1) is 6.61. The lowest BCUT2D eigenvalue weighted by molar-refractivity contribution is 0.529. The number of nitrogens with zero attached hydrogens (tertiary/aromatic N) is 2. The summed E-state index contributed by atoms with van der Waals surface area (Å²) in [4.78, 5) is 6.38. The van der Waals surface area contributed by atoms with Crippen molar-refractivity contribution in [2.75, 3.05) is 19.0 Å². The van der Waals surface area contributed by atoms with E-state index in [1.165, 1.54) is 0 Å². The molecule has 1 heterocycles. The summed E-state index contributed by atoms with van der Waals surface area (Å²) in [6.45, 7) is 0. The summed E-state index contributed by atoms with van der Waals surface area (Å²) >= 11 is 3.10. The average molecular weight is 191 g/mol. The van der Waals surface area contributed by atoms with Gasteiger partial charge in [0.05, 0.1) is 0 Å². The van der Waals surface area contributed by atoms with Gasteiger partial charge in [-0.2, -0.15) is 4.98 Å². The summed E-state index contributed by atoms with van der Waals surface area (Å²) in [6, 6.07) is 0. The number of hydrogen-bond donors (Lipinski definition) is 0. The number of hydrogen-bond acceptors (Lipinski definition) is 3. The van der Waals surface area contributed by atoms with Crippen LogP contribution in [-0.4, -0.2) is 19.1 Å². The lowest BCUT2D eigenvalue weighted by atomic mass is 10.7. The molecule has 0 unspecified atom stereocenters. The van der Waals surface area contributed by atoms with Crippen LogP contribution in [0.3, 0.4) is 0 Å². The summed E-state index contributed by atoms with van der Waals surface area (Å²) in [5.41, 5.74) is 0. The molecule has 1 aromatic heterocycles. The van der Waals surface area contributed by atoms with E-state index in [1.54, 1.807) is 6.26 Å². The molecular formula is C5H7BrN2O. The van der Waals surface area contributed by atoms with Gasteiger partial charge in [0.25, 0.3) is 4.80 Å². The fourth-order valence-corrected chi connectivity index (χ4v) is 0.725. The van der Waals surface area contributed by atoms with Gasteiger partial charge in [-0.3, -0.25) is 0 Å². The Kier molecular flexibility index (Phi) is 1.75. The molecule has 0 fully saturated rings. The molecular weight excluding hydrogens is 184 g/mol. The van der Waals surface area contributed by atoms with Crippen LogP contribution < -0.4 is 4.90 Å². The molecule has 1 aromatic rings. The first-order valence-electron chi connectivity index (χ1n) is 2.48. The number of halogens is 1. The first-order valence-corrected chi connectivity index (χ1v) is 3.28. The molecule has 0 N–H and O–H groups in total. The third-order valence-electron chi connectivity index (χ3n) is 0.922. The number of anilines is 1. The van der Waals surface area contributed by atoms with Gasteiger partial charge in [-0.05, 0) is 0 Å². The van der Waals surface area contributed by atoms with Crippen molar-refractivity contribution >= 4 is 21.7 Å². The second-order valence-corrected chi connectivity index (χ2v) is 2.53. The van der Waals surface area contributed by atoms with E-state index in [2.05, 4.69) is 20.9 Å². The fraction of sp³-hybridized carbons (Fsp3) is 0.400. The van der Waals surface area contributed by atoms with E-state index < -0.39 is 0 Å². The Bertz CT molecular complexity index is 197. The van der Waals surface area contributed by atoms with Crippen molar-refractivity contribution in [3.05, 3.63) is 11.1 Å². The van der Waals surface area contributed by atoms with Gasteiger partial charge in [0.15, 0.2) is 5.82 Å². The lowest BCUT2D eigenvalue weighted by Crippen LogP contribution is -2.08. The molecule has 0 amide bonds. The van der Waals surface area contributed by atoms with Crippen LogP contribution in [0, 0.1) is 0 Å². The molecule has 50 valence electrons. The van der Waals surface area contributed by atoms with Gasteiger partial charge in [0.2, 0.25) is 0 Å². The molecule has 0 atom stereocenters. The number of aromatic nitrogens is 1. The molecule has 9 heavy (non-hydrogen) atoms. The molecule has 0 saturated heterocycles. The predicted octanol–water partition coefficient (Wildman–Crippen LogP) is 1.50. The van der Waals surface area contributed by atoms with E-state index in [9.17, 15) is 0 Å². The monoisotopic (exact) mass is 190 g/mol. The van der Waals surface area contributed by atoms with Crippen molar-refractivity contribution in [3.63, 3.8) is 0 Å². The van der Waals surface area contributed by atoms with E-state index in [4.69, 9.17) is 4.42 Å². The summed E-state index contributed by atoms with van der Waals surface area (Å²) in [5.74, 6) is 0.821. The van der Waals surface area contributed by atoms with Crippen molar-refractivity contribution in [2.24, 2.45) is 0 Å². The average Bonchev–Trinajstić information content (AvgIpc) is 2.14. The van der Waals surface area contributed by atoms with Crippen LogP contribution in [0.25, 0.3) is 0 Å². The lowest BCUT2D eigenvalue weighted by Gasteiger charge is -2.03. The predicted molar refractivity (Wildman–Crippen MR) is 38.5 cm³/mol. The van der Waals surface area contributed by atoms with Gasteiger partial charge in [0.1, 0.15) is 6.26 Å². The summed E-state index contributed by atoms with van der Waals surface area (Å²) in [6.07, 6.45) is 1.59. The first-order chi connectivity index (χ1) is 4.20. The molecule has 0 spiro atoms. The van der Waals surface area contributed by atoms with E-state index >= 15 is 0 Å². The standard InChI is InChI=1S/C5H7BrN2O/c1-8(2)4-3-9-5(6)7-4/h3H,1-2H3. The van der Waals surface area contributed by atoms with Crippen LogP contribution in [0.15, 0.2) is 15.5 Å². The smallest absolute Gasteiger partial charge is 0.265 e. The minimum Gasteiger partial charge on any atom is -0.437 e. The highest BCUT2D eigenvalue weighted by molar-refractivity contribution is 9.10. The van der Waals surface area contributed by atoms with Crippen molar-refractivity contribution in [2.45, 2.75) is 0 Å². The second kappa shape index (κ2) is 2.39. The van der Waals surface area contributed by atoms with Gasteiger partial charge in [-0.1, -0.05) is 0 Å². The van der Waals surface area contributed by atoms with Crippen LogP contribution in [-0.2, 0) is 0 Å². The Labute approximate surface area is 61.8 Å². The fourth-order valence-electron chi connectivity index (χ4n) is 0.450. The molecule has 3 nitrogen and oxygen atoms in total. The quantitative estimate of drug-likeness (QED) is 0.673. The van der Waals surface area contributed by atoms with Crippen LogP contribution in [0.2, 0.25) is 0 Å². The Balaban J connectivity index is 2.85. The Hall–Kier alpha value is -0.510. The van der Waals surface area contributed by atoms with Gasteiger partial charge in [0, 0.05) is 30.0 Å².